The molecule has 1 aromatic heterocycles. The Bertz CT molecular complexity index is 599. The lowest BCUT2D eigenvalue weighted by Gasteiger charge is -2.39. The van der Waals surface area contributed by atoms with Crippen molar-refractivity contribution >= 4 is 34.0 Å². The van der Waals surface area contributed by atoms with E-state index in [0.29, 0.717) is 11.3 Å². The van der Waals surface area contributed by atoms with Crippen molar-refractivity contribution in [2.75, 3.05) is 22.9 Å². The normalized spacial score (nSPS) is 23.8. The molecule has 0 aliphatic carbocycles. The largest absolute Gasteiger partial charge is 0.397 e. The van der Waals surface area contributed by atoms with Gasteiger partial charge in [-0.15, -0.1) is 0 Å². The zero-order valence-electron chi connectivity index (χ0n) is 11.3. The highest BCUT2D eigenvalue weighted by Crippen LogP contribution is 2.34. The first-order valence-corrected chi connectivity index (χ1v) is 7.75. The first kappa shape index (κ1) is 12.6. The molecule has 1 aromatic carbocycles. The molecule has 0 saturated carbocycles. The maximum Gasteiger partial charge on any atom is 0.0951 e. The molecule has 0 radical (unpaired) electrons. The van der Waals surface area contributed by atoms with Crippen LogP contribution in [0, 0.1) is 0 Å². The Morgan fingerprint density at radius 1 is 1.32 bits per heavy atom. The van der Waals surface area contributed by atoms with Crippen LogP contribution in [0.5, 0.6) is 0 Å². The second-order valence-corrected chi connectivity index (χ2v) is 6.57. The lowest BCUT2D eigenvalue weighted by Crippen LogP contribution is -2.44. The quantitative estimate of drug-likeness (QED) is 0.811. The monoisotopic (exact) mass is 273 g/mol. The molecule has 3 rings (SSSR count). The molecule has 2 N–H and O–H groups in total. The van der Waals surface area contributed by atoms with Crippen molar-refractivity contribution in [3.63, 3.8) is 0 Å². The zero-order chi connectivity index (χ0) is 13.4. The van der Waals surface area contributed by atoms with Crippen LogP contribution >= 0.6 is 11.8 Å². The van der Waals surface area contributed by atoms with Crippen molar-refractivity contribution in [2.45, 2.75) is 25.1 Å². The van der Waals surface area contributed by atoms with E-state index in [0.717, 1.165) is 23.1 Å². The van der Waals surface area contributed by atoms with Crippen LogP contribution in [-0.2, 0) is 0 Å². The molecule has 2 unspecified atom stereocenters. The van der Waals surface area contributed by atoms with Crippen molar-refractivity contribution < 1.29 is 0 Å². The molecule has 1 aliphatic rings. The first-order valence-electron chi connectivity index (χ1n) is 6.70. The number of nitrogen functional groups attached to an aromatic ring is 1. The van der Waals surface area contributed by atoms with E-state index >= 15 is 0 Å². The van der Waals surface area contributed by atoms with Crippen LogP contribution in [0.4, 0.5) is 11.4 Å². The summed E-state index contributed by atoms with van der Waals surface area (Å²) >= 11 is 2.05. The van der Waals surface area contributed by atoms with Gasteiger partial charge in [0.2, 0.25) is 0 Å². The molecule has 1 saturated heterocycles. The number of benzene rings is 1. The number of nitrogens with two attached hydrogens (primary N) is 1. The zero-order valence-corrected chi connectivity index (χ0v) is 12.2. The number of rotatable bonds is 1. The summed E-state index contributed by atoms with van der Waals surface area (Å²) in [5, 5.41) is 1.81. The summed E-state index contributed by atoms with van der Waals surface area (Å²) in [4.78, 5) is 6.91. The summed E-state index contributed by atoms with van der Waals surface area (Å²) in [6.45, 7) is 5.69. The predicted molar refractivity (Wildman–Crippen MR) is 84.9 cm³/mol. The molecule has 0 bridgehead atoms. The molecule has 0 spiro atoms. The van der Waals surface area contributed by atoms with E-state index in [-0.39, 0.29) is 0 Å². The Morgan fingerprint density at radius 2 is 2.16 bits per heavy atom. The number of nitrogens with zero attached hydrogens (tertiary/aromatic N) is 2. The molecular weight excluding hydrogens is 254 g/mol. The van der Waals surface area contributed by atoms with Gasteiger partial charge in [0.25, 0.3) is 0 Å². The van der Waals surface area contributed by atoms with E-state index in [9.17, 15) is 0 Å². The van der Waals surface area contributed by atoms with E-state index in [1.807, 2.05) is 12.1 Å². The molecule has 19 heavy (non-hydrogen) atoms. The summed E-state index contributed by atoms with van der Waals surface area (Å²) in [6.07, 6.45) is 1.81. The highest BCUT2D eigenvalue weighted by atomic mass is 32.2. The van der Waals surface area contributed by atoms with Gasteiger partial charge in [0.15, 0.2) is 0 Å². The third kappa shape index (κ3) is 2.14. The third-order valence-corrected chi connectivity index (χ3v) is 5.31. The summed E-state index contributed by atoms with van der Waals surface area (Å²) < 4.78 is 0. The Hall–Kier alpha value is -1.42. The smallest absolute Gasteiger partial charge is 0.0951 e. The fourth-order valence-electron chi connectivity index (χ4n) is 2.70. The molecule has 0 amide bonds. The van der Waals surface area contributed by atoms with Crippen LogP contribution in [0.25, 0.3) is 10.9 Å². The van der Waals surface area contributed by atoms with Gasteiger partial charge in [-0.2, -0.15) is 11.8 Å². The van der Waals surface area contributed by atoms with E-state index in [1.54, 1.807) is 6.20 Å². The fraction of sp³-hybridized carbons (Fsp3) is 0.400. The van der Waals surface area contributed by atoms with Crippen LogP contribution < -0.4 is 10.6 Å². The molecule has 2 atom stereocenters. The van der Waals surface area contributed by atoms with Crippen molar-refractivity contribution in [3.05, 3.63) is 30.5 Å². The van der Waals surface area contributed by atoms with Crippen LogP contribution in [-0.4, -0.2) is 28.6 Å². The maximum atomic E-state index is 6.03. The van der Waals surface area contributed by atoms with Crippen LogP contribution in [0.15, 0.2) is 30.5 Å². The number of hydrogen-bond donors (Lipinski definition) is 1. The second kappa shape index (κ2) is 4.93. The van der Waals surface area contributed by atoms with Gasteiger partial charge in [-0.1, -0.05) is 6.92 Å². The molecular formula is C15H19N3S. The Labute approximate surface area is 118 Å². The summed E-state index contributed by atoms with van der Waals surface area (Å²) in [5.74, 6) is 1.18. The van der Waals surface area contributed by atoms with Gasteiger partial charge in [-0.25, -0.2) is 0 Å². The second-order valence-electron chi connectivity index (χ2n) is 5.08. The Kier molecular flexibility index (Phi) is 3.27. The van der Waals surface area contributed by atoms with Crippen LogP contribution in [0.3, 0.4) is 0 Å². The average molecular weight is 273 g/mol. The Morgan fingerprint density at radius 3 is 3.00 bits per heavy atom. The number of aromatic nitrogens is 1. The molecule has 1 fully saturated rings. The van der Waals surface area contributed by atoms with Crippen LogP contribution in [0.2, 0.25) is 0 Å². The molecule has 3 nitrogen and oxygen atoms in total. The number of anilines is 2. The van der Waals surface area contributed by atoms with E-state index < -0.39 is 0 Å². The van der Waals surface area contributed by atoms with Gasteiger partial charge in [0.1, 0.15) is 0 Å². The number of pyridine rings is 1. The minimum Gasteiger partial charge on any atom is -0.397 e. The van der Waals surface area contributed by atoms with Crippen molar-refractivity contribution in [2.24, 2.45) is 0 Å². The van der Waals surface area contributed by atoms with Crippen LogP contribution in [0.1, 0.15) is 13.8 Å². The van der Waals surface area contributed by atoms with Gasteiger partial charge in [0.05, 0.1) is 11.2 Å². The number of hydrogen-bond acceptors (Lipinski definition) is 4. The summed E-state index contributed by atoms with van der Waals surface area (Å²) in [5.41, 5.74) is 8.96. The van der Waals surface area contributed by atoms with E-state index in [1.165, 1.54) is 11.4 Å². The highest BCUT2D eigenvalue weighted by molar-refractivity contribution is 8.00. The van der Waals surface area contributed by atoms with Gasteiger partial charge >= 0.3 is 0 Å². The van der Waals surface area contributed by atoms with Crippen molar-refractivity contribution in [1.82, 2.24) is 4.98 Å². The average Bonchev–Trinajstić information content (AvgIpc) is 2.43. The molecule has 4 heteroatoms. The first-order chi connectivity index (χ1) is 9.18. The summed E-state index contributed by atoms with van der Waals surface area (Å²) in [6, 6.07) is 8.75. The molecule has 100 valence electrons. The number of thioether (sulfide) groups is 1. The Balaban J connectivity index is 2.12. The minimum absolute atomic E-state index is 0.533. The number of fused-ring (bicyclic) bond motifs is 1. The lowest BCUT2D eigenvalue weighted by molar-refractivity contribution is 0.629. The molecule has 2 aromatic rings. The lowest BCUT2D eigenvalue weighted by atomic mass is 10.1. The maximum absolute atomic E-state index is 6.03. The SMILES string of the molecule is CC1SCCN(c2ccc(N)c3ncccc23)C1C. The van der Waals surface area contributed by atoms with Gasteiger partial charge in [-0.05, 0) is 31.2 Å². The topological polar surface area (TPSA) is 42.1 Å². The predicted octanol–water partition coefficient (Wildman–Crippen LogP) is 3.15. The third-order valence-electron chi connectivity index (χ3n) is 3.97. The summed E-state index contributed by atoms with van der Waals surface area (Å²) in [7, 11) is 0. The standard InChI is InChI=1S/C15H19N3S/c1-10-11(2)19-9-8-18(10)14-6-5-13(16)15-12(14)4-3-7-17-15/h3-7,10-11H,8-9,16H2,1-2H3. The van der Waals surface area contributed by atoms with Crippen molar-refractivity contribution in [3.8, 4) is 0 Å². The molecule has 1 aliphatic heterocycles. The van der Waals surface area contributed by atoms with Crippen molar-refractivity contribution in [1.29, 1.82) is 0 Å². The van der Waals surface area contributed by atoms with Gasteiger partial charge < -0.3 is 10.6 Å². The fourth-order valence-corrected chi connectivity index (χ4v) is 3.80. The van der Waals surface area contributed by atoms with Gasteiger partial charge in [-0.3, -0.25) is 4.98 Å². The van der Waals surface area contributed by atoms with E-state index in [4.69, 9.17) is 5.73 Å². The van der Waals surface area contributed by atoms with E-state index in [2.05, 4.69) is 47.6 Å². The minimum atomic E-state index is 0.533. The molecule has 2 heterocycles. The highest BCUT2D eigenvalue weighted by Gasteiger charge is 2.26. The van der Waals surface area contributed by atoms with Gasteiger partial charge in [0, 0.05) is 40.9 Å².